The molecule has 4 nitrogen and oxygen atoms in total. The molecule has 2 rings (SSSR count). The van der Waals surface area contributed by atoms with Gasteiger partial charge in [0.25, 0.3) is 0 Å². The summed E-state index contributed by atoms with van der Waals surface area (Å²) >= 11 is 3.28. The predicted octanol–water partition coefficient (Wildman–Crippen LogP) is 1.99. The van der Waals surface area contributed by atoms with Gasteiger partial charge in [0.15, 0.2) is 15.3 Å². The van der Waals surface area contributed by atoms with Crippen LogP contribution in [-0.4, -0.2) is 19.9 Å². The third kappa shape index (κ3) is 1.82. The molecule has 1 fully saturated rings. The van der Waals surface area contributed by atoms with Crippen LogP contribution in [0.3, 0.4) is 0 Å². The van der Waals surface area contributed by atoms with Crippen LogP contribution in [0.5, 0.6) is 0 Å². The van der Waals surface area contributed by atoms with Crippen LogP contribution in [0, 0.1) is 28.1 Å². The van der Waals surface area contributed by atoms with Crippen molar-refractivity contribution in [3.05, 3.63) is 34.3 Å². The summed E-state index contributed by atoms with van der Waals surface area (Å²) in [7, 11) is -3.43. The van der Waals surface area contributed by atoms with Crippen molar-refractivity contribution in [2.24, 2.45) is 5.41 Å². The molecular formula is C12H9BrN2O2S. The lowest BCUT2D eigenvalue weighted by Gasteiger charge is -1.99. The summed E-state index contributed by atoms with van der Waals surface area (Å²) in [5.41, 5.74) is -0.738. The highest BCUT2D eigenvalue weighted by atomic mass is 79.9. The molecule has 0 bridgehead atoms. The van der Waals surface area contributed by atoms with Gasteiger partial charge in [-0.2, -0.15) is 10.5 Å². The number of rotatable bonds is 2. The Hall–Kier alpha value is -1.37. The highest BCUT2D eigenvalue weighted by Crippen LogP contribution is 2.62. The minimum absolute atomic E-state index is 0.560. The molecular weight excluding hydrogens is 316 g/mol. The average molecular weight is 325 g/mol. The maximum absolute atomic E-state index is 11.7. The lowest BCUT2D eigenvalue weighted by atomic mass is 10.0. The van der Waals surface area contributed by atoms with E-state index < -0.39 is 26.4 Å². The Balaban J connectivity index is 2.50. The highest BCUT2D eigenvalue weighted by molar-refractivity contribution is 9.10. The molecule has 0 radical (unpaired) electrons. The second-order valence-electron chi connectivity index (χ2n) is 4.37. The lowest BCUT2D eigenvalue weighted by molar-refractivity contribution is 0.597. The van der Waals surface area contributed by atoms with Gasteiger partial charge in [0, 0.05) is 16.6 Å². The molecule has 1 aromatic carbocycles. The molecule has 0 aliphatic heterocycles. The second-order valence-corrected chi connectivity index (χ2v) is 7.45. The van der Waals surface area contributed by atoms with E-state index in [1.54, 1.807) is 24.3 Å². The Labute approximate surface area is 114 Å². The zero-order valence-electron chi connectivity index (χ0n) is 9.46. The molecule has 0 amide bonds. The molecule has 0 spiro atoms. The molecule has 1 aliphatic rings. The summed E-state index contributed by atoms with van der Waals surface area (Å²) < 4.78 is 24.2. The smallest absolute Gasteiger partial charge is 0.169 e. The zero-order chi connectivity index (χ0) is 13.6. The number of halogens is 1. The molecule has 2 atom stereocenters. The van der Waals surface area contributed by atoms with E-state index in [0.717, 1.165) is 10.7 Å². The Bertz CT molecular complexity index is 654. The van der Waals surface area contributed by atoms with Gasteiger partial charge in [-0.05, 0) is 17.7 Å². The van der Waals surface area contributed by atoms with Gasteiger partial charge in [0.2, 0.25) is 0 Å². The first kappa shape index (κ1) is 13.1. The Kier molecular flexibility index (Phi) is 2.96. The van der Waals surface area contributed by atoms with Crippen LogP contribution in [0.15, 0.2) is 28.7 Å². The fourth-order valence-electron chi connectivity index (χ4n) is 2.34. The van der Waals surface area contributed by atoms with Gasteiger partial charge in [-0.3, -0.25) is 0 Å². The Morgan fingerprint density at radius 3 is 2.06 bits per heavy atom. The summed E-state index contributed by atoms with van der Waals surface area (Å²) in [6.45, 7) is 0. The Morgan fingerprint density at radius 1 is 1.22 bits per heavy atom. The van der Waals surface area contributed by atoms with Crippen LogP contribution in [0.4, 0.5) is 0 Å². The summed E-state index contributed by atoms with van der Waals surface area (Å²) in [6, 6.07) is 10.8. The standard InChI is InChI=1S/C12H9BrN2O2S/c1-18(16,17)11-10(12(11,6-14)7-15)8-2-4-9(13)5-3-8/h2-5,10-11H,1H3/t10-,11-/m1/s1. The number of sulfone groups is 1. The third-order valence-electron chi connectivity index (χ3n) is 3.19. The maximum atomic E-state index is 11.7. The lowest BCUT2D eigenvalue weighted by Crippen LogP contribution is -2.11. The summed E-state index contributed by atoms with van der Waals surface area (Å²) in [6.07, 6.45) is 1.07. The first-order valence-corrected chi connectivity index (χ1v) is 7.88. The van der Waals surface area contributed by atoms with Gasteiger partial charge < -0.3 is 0 Å². The van der Waals surface area contributed by atoms with E-state index in [1.807, 2.05) is 12.1 Å². The molecule has 1 aromatic rings. The maximum Gasteiger partial charge on any atom is 0.169 e. The van der Waals surface area contributed by atoms with Gasteiger partial charge in [0.1, 0.15) is 5.25 Å². The van der Waals surface area contributed by atoms with Crippen molar-refractivity contribution < 1.29 is 8.42 Å². The van der Waals surface area contributed by atoms with Crippen molar-refractivity contribution in [1.82, 2.24) is 0 Å². The minimum Gasteiger partial charge on any atom is -0.229 e. The summed E-state index contributed by atoms with van der Waals surface area (Å²) in [5, 5.41) is 17.3. The van der Waals surface area contributed by atoms with E-state index in [9.17, 15) is 8.42 Å². The van der Waals surface area contributed by atoms with Crippen LogP contribution in [0.1, 0.15) is 11.5 Å². The monoisotopic (exact) mass is 324 g/mol. The van der Waals surface area contributed by atoms with E-state index in [2.05, 4.69) is 15.9 Å². The molecule has 92 valence electrons. The molecule has 1 saturated carbocycles. The number of hydrogen-bond acceptors (Lipinski definition) is 4. The quantitative estimate of drug-likeness (QED) is 0.833. The number of hydrogen-bond donors (Lipinski definition) is 0. The summed E-state index contributed by atoms with van der Waals surface area (Å²) in [5.74, 6) is -0.560. The fourth-order valence-corrected chi connectivity index (χ4v) is 4.32. The van der Waals surface area contributed by atoms with E-state index in [1.165, 1.54) is 0 Å². The SMILES string of the molecule is CS(=O)(=O)[C@@H]1[C@@H](c2ccc(Br)cc2)C1(C#N)C#N. The Morgan fingerprint density at radius 2 is 1.72 bits per heavy atom. The van der Waals surface area contributed by atoms with Gasteiger partial charge in [0.05, 0.1) is 12.1 Å². The second kappa shape index (κ2) is 4.08. The van der Waals surface area contributed by atoms with Crippen LogP contribution in [0.2, 0.25) is 0 Å². The van der Waals surface area contributed by atoms with Crippen molar-refractivity contribution in [3.8, 4) is 12.1 Å². The molecule has 0 aromatic heterocycles. The molecule has 0 unspecified atom stereocenters. The van der Waals surface area contributed by atoms with Crippen molar-refractivity contribution in [1.29, 1.82) is 10.5 Å². The van der Waals surface area contributed by atoms with Crippen LogP contribution < -0.4 is 0 Å². The fraction of sp³-hybridized carbons (Fsp3) is 0.333. The number of nitriles is 2. The number of nitrogens with zero attached hydrogens (tertiary/aromatic N) is 2. The third-order valence-corrected chi connectivity index (χ3v) is 5.29. The predicted molar refractivity (Wildman–Crippen MR) is 69.2 cm³/mol. The zero-order valence-corrected chi connectivity index (χ0v) is 11.9. The topological polar surface area (TPSA) is 81.7 Å². The molecule has 0 N–H and O–H groups in total. The van der Waals surface area contributed by atoms with E-state index in [-0.39, 0.29) is 0 Å². The van der Waals surface area contributed by atoms with Crippen LogP contribution >= 0.6 is 15.9 Å². The molecule has 0 saturated heterocycles. The van der Waals surface area contributed by atoms with Crippen molar-refractivity contribution in [2.45, 2.75) is 11.2 Å². The summed E-state index contributed by atoms with van der Waals surface area (Å²) in [4.78, 5) is 0. The number of benzene rings is 1. The normalized spacial score (nSPS) is 24.9. The van der Waals surface area contributed by atoms with Gasteiger partial charge >= 0.3 is 0 Å². The molecule has 1 aliphatic carbocycles. The average Bonchev–Trinajstić information content (AvgIpc) is 3.00. The minimum atomic E-state index is -3.43. The molecule has 0 heterocycles. The van der Waals surface area contributed by atoms with E-state index in [0.29, 0.717) is 5.56 Å². The van der Waals surface area contributed by atoms with Crippen LogP contribution in [-0.2, 0) is 9.84 Å². The van der Waals surface area contributed by atoms with Gasteiger partial charge in [-0.1, -0.05) is 28.1 Å². The first-order chi connectivity index (χ1) is 8.36. The largest absolute Gasteiger partial charge is 0.229 e. The van der Waals surface area contributed by atoms with Gasteiger partial charge in [-0.15, -0.1) is 0 Å². The molecule has 6 heteroatoms. The van der Waals surface area contributed by atoms with Crippen molar-refractivity contribution in [2.75, 3.05) is 6.26 Å². The van der Waals surface area contributed by atoms with Gasteiger partial charge in [-0.25, -0.2) is 8.42 Å². The first-order valence-electron chi connectivity index (χ1n) is 5.13. The van der Waals surface area contributed by atoms with E-state index in [4.69, 9.17) is 10.5 Å². The van der Waals surface area contributed by atoms with Crippen molar-refractivity contribution in [3.63, 3.8) is 0 Å². The highest BCUT2D eigenvalue weighted by Gasteiger charge is 2.72. The van der Waals surface area contributed by atoms with Crippen molar-refractivity contribution >= 4 is 25.8 Å². The van der Waals surface area contributed by atoms with Crippen LogP contribution in [0.25, 0.3) is 0 Å². The molecule has 18 heavy (non-hydrogen) atoms. The van der Waals surface area contributed by atoms with E-state index >= 15 is 0 Å².